The molecule has 0 amide bonds. The lowest BCUT2D eigenvalue weighted by Crippen LogP contribution is -1.93. The standard InChI is InChI=1S/C9H9N5/c1-14-5-12-7-4-6(9(10)13-11)2-3-8(7)14/h2-5,10-11H,1H3. The fourth-order valence-electron chi connectivity index (χ4n) is 1.35. The van der Waals surface area contributed by atoms with E-state index in [2.05, 4.69) is 10.1 Å². The van der Waals surface area contributed by atoms with E-state index in [1.54, 1.807) is 18.5 Å². The highest BCUT2D eigenvalue weighted by atomic mass is 15.0. The quantitative estimate of drug-likeness (QED) is 0.399. The number of rotatable bonds is 1. The average molecular weight is 187 g/mol. The van der Waals surface area contributed by atoms with Crippen LogP contribution in [-0.2, 0) is 7.05 Å². The number of aryl methyl sites for hydroxylation is 1. The number of fused-ring (bicyclic) bond motifs is 1. The highest BCUT2D eigenvalue weighted by Crippen LogP contribution is 2.14. The largest absolute Gasteiger partial charge is 0.334 e. The van der Waals surface area contributed by atoms with Gasteiger partial charge in [0.25, 0.3) is 0 Å². The van der Waals surface area contributed by atoms with Crippen LogP contribution >= 0.6 is 0 Å². The van der Waals surface area contributed by atoms with Crippen molar-refractivity contribution in [2.45, 2.75) is 0 Å². The molecule has 0 fully saturated rings. The number of nitrogens with one attached hydrogen (secondary N) is 2. The minimum atomic E-state index is -0.0439. The molecule has 14 heavy (non-hydrogen) atoms. The molecule has 0 unspecified atom stereocenters. The Bertz CT molecular complexity index is 511. The van der Waals surface area contributed by atoms with Crippen LogP contribution in [0, 0.1) is 10.9 Å². The highest BCUT2D eigenvalue weighted by Gasteiger charge is 2.03. The molecular formula is C9H9N5. The normalized spacial score (nSPS) is 10.4. The monoisotopic (exact) mass is 187 g/mol. The van der Waals surface area contributed by atoms with E-state index in [9.17, 15) is 0 Å². The Morgan fingerprint density at radius 2 is 2.29 bits per heavy atom. The Labute approximate surface area is 80.4 Å². The Morgan fingerprint density at radius 1 is 1.50 bits per heavy atom. The van der Waals surface area contributed by atoms with Gasteiger partial charge in [0, 0.05) is 12.6 Å². The van der Waals surface area contributed by atoms with Crippen LogP contribution in [0.5, 0.6) is 0 Å². The molecule has 0 aliphatic carbocycles. The van der Waals surface area contributed by atoms with Crippen molar-refractivity contribution in [1.82, 2.24) is 9.55 Å². The number of hydrogen-bond acceptors (Lipinski definition) is 3. The van der Waals surface area contributed by atoms with Gasteiger partial charge in [0.05, 0.1) is 17.4 Å². The van der Waals surface area contributed by atoms with Gasteiger partial charge in [0.15, 0.2) is 5.84 Å². The van der Waals surface area contributed by atoms with Crippen molar-refractivity contribution in [3.05, 3.63) is 30.1 Å². The van der Waals surface area contributed by atoms with Gasteiger partial charge in [-0.2, -0.15) is 0 Å². The molecule has 70 valence electrons. The van der Waals surface area contributed by atoms with E-state index in [4.69, 9.17) is 10.9 Å². The Morgan fingerprint density at radius 3 is 3.00 bits per heavy atom. The molecule has 0 aliphatic heterocycles. The summed E-state index contributed by atoms with van der Waals surface area (Å²) >= 11 is 0. The van der Waals surface area contributed by atoms with Crippen LogP contribution in [0.1, 0.15) is 5.56 Å². The van der Waals surface area contributed by atoms with Crippen molar-refractivity contribution < 1.29 is 0 Å². The Hall–Kier alpha value is -2.04. The number of nitrogens with zero attached hydrogens (tertiary/aromatic N) is 3. The zero-order valence-electron chi connectivity index (χ0n) is 7.65. The molecule has 1 heterocycles. The summed E-state index contributed by atoms with van der Waals surface area (Å²) in [6.45, 7) is 0. The molecule has 5 nitrogen and oxygen atoms in total. The molecule has 0 radical (unpaired) electrons. The van der Waals surface area contributed by atoms with Crippen molar-refractivity contribution in [2.24, 2.45) is 12.2 Å². The van der Waals surface area contributed by atoms with Crippen LogP contribution in [0.15, 0.2) is 29.6 Å². The first-order valence-corrected chi connectivity index (χ1v) is 4.10. The maximum atomic E-state index is 7.37. The summed E-state index contributed by atoms with van der Waals surface area (Å²) in [5, 5.41) is 10.4. The molecule has 2 N–H and O–H groups in total. The van der Waals surface area contributed by atoms with Gasteiger partial charge in [0.2, 0.25) is 0 Å². The van der Waals surface area contributed by atoms with Crippen LogP contribution < -0.4 is 0 Å². The molecule has 0 bridgehead atoms. The smallest absolute Gasteiger partial charge is 0.173 e. The second-order valence-corrected chi connectivity index (χ2v) is 3.02. The molecule has 5 heteroatoms. The lowest BCUT2D eigenvalue weighted by atomic mass is 10.2. The summed E-state index contributed by atoms with van der Waals surface area (Å²) in [4.78, 5) is 4.16. The molecule has 0 atom stereocenters. The Kier molecular flexibility index (Phi) is 1.85. The van der Waals surface area contributed by atoms with Gasteiger partial charge >= 0.3 is 0 Å². The second-order valence-electron chi connectivity index (χ2n) is 3.02. The molecular weight excluding hydrogens is 178 g/mol. The summed E-state index contributed by atoms with van der Waals surface area (Å²) in [6, 6.07) is 5.40. The van der Waals surface area contributed by atoms with E-state index in [1.165, 1.54) is 0 Å². The predicted molar refractivity (Wildman–Crippen MR) is 52.7 cm³/mol. The van der Waals surface area contributed by atoms with Crippen LogP contribution in [0.3, 0.4) is 0 Å². The topological polar surface area (TPSA) is 77.9 Å². The van der Waals surface area contributed by atoms with Gasteiger partial charge < -0.3 is 4.57 Å². The molecule has 0 aliphatic rings. The maximum Gasteiger partial charge on any atom is 0.173 e. The van der Waals surface area contributed by atoms with Crippen molar-refractivity contribution in [1.29, 1.82) is 10.9 Å². The zero-order valence-corrected chi connectivity index (χ0v) is 7.65. The van der Waals surface area contributed by atoms with Gasteiger partial charge in [0.1, 0.15) is 0 Å². The minimum absolute atomic E-state index is 0.0439. The predicted octanol–water partition coefficient (Wildman–Crippen LogP) is 1.93. The van der Waals surface area contributed by atoms with Crippen molar-refractivity contribution in [3.8, 4) is 0 Å². The van der Waals surface area contributed by atoms with E-state index < -0.39 is 0 Å². The number of aromatic nitrogens is 2. The second kappa shape index (κ2) is 3.02. The van der Waals surface area contributed by atoms with E-state index in [0.717, 1.165) is 11.0 Å². The minimum Gasteiger partial charge on any atom is -0.334 e. The van der Waals surface area contributed by atoms with Crippen molar-refractivity contribution in [3.63, 3.8) is 0 Å². The number of imidazole rings is 1. The summed E-state index contributed by atoms with van der Waals surface area (Å²) in [5.41, 5.74) is 9.18. The first-order chi connectivity index (χ1) is 6.72. The van der Waals surface area contributed by atoms with Gasteiger partial charge in [-0.1, -0.05) is 0 Å². The third kappa shape index (κ3) is 1.19. The molecule has 2 rings (SSSR count). The molecule has 0 saturated carbocycles. The van der Waals surface area contributed by atoms with E-state index >= 15 is 0 Å². The van der Waals surface area contributed by atoms with Gasteiger partial charge in [-0.25, -0.2) is 10.5 Å². The third-order valence-corrected chi connectivity index (χ3v) is 2.11. The van der Waals surface area contributed by atoms with E-state index in [-0.39, 0.29) is 5.84 Å². The van der Waals surface area contributed by atoms with Gasteiger partial charge in [-0.3, -0.25) is 5.41 Å². The SMILES string of the molecule is Cn1cnc2cc(C(=N)N=N)ccc21. The Balaban J connectivity index is 2.62. The van der Waals surface area contributed by atoms with Crippen LogP contribution in [0.4, 0.5) is 0 Å². The first kappa shape index (κ1) is 8.55. The fourth-order valence-corrected chi connectivity index (χ4v) is 1.35. The van der Waals surface area contributed by atoms with E-state index in [1.807, 2.05) is 17.7 Å². The maximum absolute atomic E-state index is 7.37. The van der Waals surface area contributed by atoms with E-state index in [0.29, 0.717) is 5.56 Å². The van der Waals surface area contributed by atoms with Crippen LogP contribution in [-0.4, -0.2) is 15.4 Å². The third-order valence-electron chi connectivity index (χ3n) is 2.11. The van der Waals surface area contributed by atoms with Crippen LogP contribution in [0.25, 0.3) is 11.0 Å². The summed E-state index contributed by atoms with van der Waals surface area (Å²) in [6.07, 6.45) is 1.72. The lowest BCUT2D eigenvalue weighted by molar-refractivity contribution is 0.947. The number of amidine groups is 1. The van der Waals surface area contributed by atoms with Gasteiger partial charge in [-0.15, -0.1) is 5.11 Å². The molecule has 1 aromatic carbocycles. The van der Waals surface area contributed by atoms with Crippen molar-refractivity contribution in [2.75, 3.05) is 0 Å². The first-order valence-electron chi connectivity index (χ1n) is 4.10. The van der Waals surface area contributed by atoms with Crippen LogP contribution in [0.2, 0.25) is 0 Å². The number of benzene rings is 1. The summed E-state index contributed by atoms with van der Waals surface area (Å²) in [5.74, 6) is -0.0439. The molecule has 0 spiro atoms. The molecule has 0 saturated heterocycles. The fraction of sp³-hybridized carbons (Fsp3) is 0.111. The zero-order chi connectivity index (χ0) is 10.1. The molecule has 2 aromatic rings. The van der Waals surface area contributed by atoms with Gasteiger partial charge in [-0.05, 0) is 18.2 Å². The summed E-state index contributed by atoms with van der Waals surface area (Å²) in [7, 11) is 1.91. The highest BCUT2D eigenvalue weighted by molar-refractivity contribution is 5.99. The molecule has 1 aromatic heterocycles. The average Bonchev–Trinajstić information content (AvgIpc) is 2.59. The summed E-state index contributed by atoms with van der Waals surface area (Å²) < 4.78 is 1.90. The van der Waals surface area contributed by atoms with Crippen molar-refractivity contribution >= 4 is 16.9 Å². The lowest BCUT2D eigenvalue weighted by Gasteiger charge is -1.97. The number of hydrogen-bond donors (Lipinski definition) is 2.